The fraction of sp³-hybridized carbons (Fsp3) is 0.167. The minimum Gasteiger partial charge on any atom is -0.268 e. The Balaban J connectivity index is 2.70. The van der Waals surface area contributed by atoms with Crippen molar-refractivity contribution in [3.63, 3.8) is 0 Å². The molecule has 1 aliphatic heterocycles. The van der Waals surface area contributed by atoms with Crippen LogP contribution in [0.4, 0.5) is 0 Å². The summed E-state index contributed by atoms with van der Waals surface area (Å²) < 4.78 is 10.7. The second-order valence-corrected chi connectivity index (χ2v) is 2.92. The van der Waals surface area contributed by atoms with Gasteiger partial charge in [-0.2, -0.15) is 0 Å². The van der Waals surface area contributed by atoms with Gasteiger partial charge in [-0.15, -0.1) is 0 Å². The Labute approximate surface area is 56.4 Å². The summed E-state index contributed by atoms with van der Waals surface area (Å²) in [7, 11) is -0.850. The molecule has 1 rings (SSSR count). The van der Waals surface area contributed by atoms with Gasteiger partial charge in [0.05, 0.1) is 16.6 Å². The van der Waals surface area contributed by atoms with Crippen LogP contribution in [0.5, 0.6) is 0 Å². The van der Waals surface area contributed by atoms with Crippen molar-refractivity contribution in [3.05, 3.63) is 23.8 Å². The molecule has 48 valence electrons. The first-order valence-electron chi connectivity index (χ1n) is 2.62. The van der Waals surface area contributed by atoms with E-state index >= 15 is 0 Å². The highest BCUT2D eigenvalue weighted by Crippen LogP contribution is 1.88. The van der Waals surface area contributed by atoms with Gasteiger partial charge in [-0.25, -0.2) is 0 Å². The molecular formula is C6H7NOS. The van der Waals surface area contributed by atoms with Crippen molar-refractivity contribution in [2.24, 2.45) is 4.99 Å². The molecule has 1 aliphatic rings. The van der Waals surface area contributed by atoms with E-state index in [0.29, 0.717) is 5.75 Å². The Kier molecular flexibility index (Phi) is 2.39. The third-order valence-corrected chi connectivity index (χ3v) is 1.80. The first-order valence-corrected chi connectivity index (χ1v) is 4.00. The van der Waals surface area contributed by atoms with E-state index in [1.54, 1.807) is 30.0 Å². The number of hydrogen-bond acceptors (Lipinski definition) is 2. The monoisotopic (exact) mass is 141 g/mol. The lowest BCUT2D eigenvalue weighted by molar-refractivity contribution is 0.690. The van der Waals surface area contributed by atoms with Crippen LogP contribution < -0.4 is 0 Å². The molecule has 9 heavy (non-hydrogen) atoms. The van der Waals surface area contributed by atoms with Gasteiger partial charge in [0.15, 0.2) is 0 Å². The van der Waals surface area contributed by atoms with Gasteiger partial charge >= 0.3 is 0 Å². The van der Waals surface area contributed by atoms with E-state index in [0.717, 1.165) is 0 Å². The molecule has 1 atom stereocenters. The summed E-state index contributed by atoms with van der Waals surface area (Å²) >= 11 is 0. The summed E-state index contributed by atoms with van der Waals surface area (Å²) in [4.78, 5) is 3.83. The third-order valence-electron chi connectivity index (χ3n) is 0.858. The number of aliphatic imine (C=N–C) groups is 1. The van der Waals surface area contributed by atoms with Crippen molar-refractivity contribution in [3.8, 4) is 0 Å². The normalized spacial score (nSPS) is 25.6. The van der Waals surface area contributed by atoms with E-state index in [-0.39, 0.29) is 0 Å². The van der Waals surface area contributed by atoms with Gasteiger partial charge in [-0.3, -0.25) is 9.20 Å². The maximum Gasteiger partial charge on any atom is 0.0630 e. The summed E-state index contributed by atoms with van der Waals surface area (Å²) in [5.41, 5.74) is 0. The Morgan fingerprint density at radius 1 is 1.44 bits per heavy atom. The largest absolute Gasteiger partial charge is 0.268 e. The first kappa shape index (κ1) is 6.42. The highest BCUT2D eigenvalue weighted by Gasteiger charge is 1.88. The van der Waals surface area contributed by atoms with Crippen molar-refractivity contribution in [2.45, 2.75) is 0 Å². The van der Waals surface area contributed by atoms with E-state index in [9.17, 15) is 4.21 Å². The second-order valence-electron chi connectivity index (χ2n) is 1.55. The van der Waals surface area contributed by atoms with E-state index in [4.69, 9.17) is 0 Å². The van der Waals surface area contributed by atoms with Crippen LogP contribution in [-0.2, 0) is 10.8 Å². The molecule has 0 fully saturated rings. The van der Waals surface area contributed by atoms with Crippen LogP contribution in [0, 0.1) is 0 Å². The van der Waals surface area contributed by atoms with Crippen LogP contribution in [0.15, 0.2) is 28.8 Å². The molecule has 0 aromatic heterocycles. The zero-order chi connectivity index (χ0) is 6.53. The molecule has 0 aromatic carbocycles. The van der Waals surface area contributed by atoms with E-state index in [1.807, 2.05) is 0 Å². The van der Waals surface area contributed by atoms with E-state index in [2.05, 4.69) is 4.99 Å². The topological polar surface area (TPSA) is 29.4 Å². The maximum absolute atomic E-state index is 10.7. The summed E-state index contributed by atoms with van der Waals surface area (Å²) in [5.74, 6) is 0.529. The van der Waals surface area contributed by atoms with Crippen molar-refractivity contribution in [1.29, 1.82) is 0 Å². The quantitative estimate of drug-likeness (QED) is 0.491. The molecule has 1 unspecified atom stereocenters. The molecule has 0 saturated carbocycles. The minimum atomic E-state index is -0.850. The zero-order valence-electron chi connectivity index (χ0n) is 4.86. The van der Waals surface area contributed by atoms with Gasteiger partial charge in [0, 0.05) is 17.8 Å². The Morgan fingerprint density at radius 3 is 3.22 bits per heavy atom. The number of allylic oxidation sites excluding steroid dienone is 2. The lowest BCUT2D eigenvalue weighted by atomic mass is 10.6. The number of rotatable bonds is 0. The molecule has 0 aromatic rings. The summed E-state index contributed by atoms with van der Waals surface area (Å²) in [5, 5.41) is 1.65. The van der Waals surface area contributed by atoms with Crippen LogP contribution in [0.1, 0.15) is 0 Å². The lowest BCUT2D eigenvalue weighted by Crippen LogP contribution is -1.93. The highest BCUT2D eigenvalue weighted by molar-refractivity contribution is 7.88. The van der Waals surface area contributed by atoms with Crippen molar-refractivity contribution in [1.82, 2.24) is 0 Å². The van der Waals surface area contributed by atoms with Crippen LogP contribution in [0.25, 0.3) is 0 Å². The Bertz CT molecular complexity index is 193. The Morgan fingerprint density at radius 2 is 2.33 bits per heavy atom. The number of hydrogen-bond donors (Lipinski definition) is 0. The van der Waals surface area contributed by atoms with Crippen LogP contribution >= 0.6 is 0 Å². The molecule has 0 aliphatic carbocycles. The predicted molar refractivity (Wildman–Crippen MR) is 39.8 cm³/mol. The SMILES string of the molecule is O=S1C=CC=CN=CC1. The highest BCUT2D eigenvalue weighted by atomic mass is 32.2. The lowest BCUT2D eigenvalue weighted by Gasteiger charge is -1.88. The molecule has 0 spiro atoms. The number of nitrogens with zero attached hydrogens (tertiary/aromatic N) is 1. The average molecular weight is 141 g/mol. The van der Waals surface area contributed by atoms with E-state index < -0.39 is 10.8 Å². The smallest absolute Gasteiger partial charge is 0.0630 e. The van der Waals surface area contributed by atoms with Gasteiger partial charge in [-0.1, -0.05) is 6.08 Å². The van der Waals surface area contributed by atoms with Crippen LogP contribution in [0.3, 0.4) is 0 Å². The van der Waals surface area contributed by atoms with Crippen LogP contribution in [0.2, 0.25) is 0 Å². The van der Waals surface area contributed by atoms with Gasteiger partial charge in [-0.05, 0) is 6.08 Å². The average Bonchev–Trinajstić information content (AvgIpc) is 1.79. The van der Waals surface area contributed by atoms with Gasteiger partial charge in [0.25, 0.3) is 0 Å². The molecule has 0 saturated heterocycles. The zero-order valence-corrected chi connectivity index (χ0v) is 5.67. The third kappa shape index (κ3) is 2.37. The minimum absolute atomic E-state index is 0.529. The molecular weight excluding hydrogens is 134 g/mol. The van der Waals surface area contributed by atoms with Crippen molar-refractivity contribution >= 4 is 17.0 Å². The summed E-state index contributed by atoms with van der Waals surface area (Å²) in [6.07, 6.45) is 6.82. The van der Waals surface area contributed by atoms with Gasteiger partial charge in [0.2, 0.25) is 0 Å². The van der Waals surface area contributed by atoms with Gasteiger partial charge in [0.1, 0.15) is 0 Å². The maximum atomic E-state index is 10.7. The van der Waals surface area contributed by atoms with Crippen molar-refractivity contribution in [2.75, 3.05) is 5.75 Å². The molecule has 0 N–H and O–H groups in total. The predicted octanol–water partition coefficient (Wildman–Crippen LogP) is 0.847. The molecule has 3 heteroatoms. The van der Waals surface area contributed by atoms with Crippen molar-refractivity contribution < 1.29 is 4.21 Å². The standard InChI is InChI=1S/C6H7NOS/c8-9-5-2-1-3-7-4-6-9/h1-5H,6H2. The fourth-order valence-electron chi connectivity index (χ4n) is 0.465. The molecule has 0 amide bonds. The van der Waals surface area contributed by atoms with Crippen LogP contribution in [-0.4, -0.2) is 16.2 Å². The first-order chi connectivity index (χ1) is 4.39. The summed E-state index contributed by atoms with van der Waals surface area (Å²) in [6.45, 7) is 0. The van der Waals surface area contributed by atoms with Gasteiger partial charge < -0.3 is 0 Å². The second kappa shape index (κ2) is 3.35. The fourth-order valence-corrected chi connectivity index (χ4v) is 1.08. The molecule has 1 heterocycles. The van der Waals surface area contributed by atoms with E-state index in [1.165, 1.54) is 0 Å². The summed E-state index contributed by atoms with van der Waals surface area (Å²) in [6, 6.07) is 0. The Hall–Kier alpha value is -0.700. The molecule has 0 radical (unpaired) electrons. The molecule has 2 nitrogen and oxygen atoms in total. The molecule has 0 bridgehead atoms.